The van der Waals surface area contributed by atoms with E-state index in [0.717, 1.165) is 19.3 Å². The lowest BCUT2D eigenvalue weighted by atomic mass is 9.56. The molecule has 0 spiro atoms. The molecule has 140 valence electrons. The van der Waals surface area contributed by atoms with E-state index < -0.39 is 14.6 Å². The predicted molar refractivity (Wildman–Crippen MR) is 93.5 cm³/mol. The Bertz CT molecular complexity index is 644. The second kappa shape index (κ2) is 5.96. The highest BCUT2D eigenvalue weighted by Crippen LogP contribution is 2.58. The van der Waals surface area contributed by atoms with Gasteiger partial charge in [-0.25, -0.2) is 8.42 Å². The molecule has 0 aromatic carbocycles. The monoisotopic (exact) mass is 368 g/mol. The molecule has 0 radical (unpaired) electrons. The lowest BCUT2D eigenvalue weighted by Gasteiger charge is -2.55. The molecule has 0 N–H and O–H groups in total. The first-order valence-electron chi connectivity index (χ1n) is 9.53. The molecule has 4 bridgehead atoms. The van der Waals surface area contributed by atoms with Crippen LogP contribution in [0.2, 0.25) is 0 Å². The van der Waals surface area contributed by atoms with E-state index in [2.05, 4.69) is 0 Å². The topological polar surface area (TPSA) is 74.8 Å². The third-order valence-electron chi connectivity index (χ3n) is 7.03. The molecule has 1 saturated heterocycles. The van der Waals surface area contributed by atoms with Gasteiger partial charge in [-0.15, -0.1) is 0 Å². The van der Waals surface area contributed by atoms with Crippen LogP contribution in [0.4, 0.5) is 0 Å². The first-order valence-corrected chi connectivity index (χ1v) is 11.2. The molecule has 1 aliphatic heterocycles. The summed E-state index contributed by atoms with van der Waals surface area (Å²) in [7, 11) is -3.43. The van der Waals surface area contributed by atoms with Crippen molar-refractivity contribution in [1.29, 1.82) is 0 Å². The Morgan fingerprint density at radius 3 is 1.76 bits per heavy atom. The van der Waals surface area contributed by atoms with E-state index in [0.29, 0.717) is 43.9 Å². The molecule has 5 rings (SSSR count). The minimum Gasteiger partial charge on any atom is -0.339 e. The van der Waals surface area contributed by atoms with Gasteiger partial charge in [-0.05, 0) is 56.3 Å². The first-order chi connectivity index (χ1) is 11.8. The van der Waals surface area contributed by atoms with Crippen LogP contribution in [0, 0.1) is 17.8 Å². The molecule has 25 heavy (non-hydrogen) atoms. The van der Waals surface area contributed by atoms with Crippen LogP contribution in [-0.4, -0.2) is 66.7 Å². The molecule has 2 amide bonds. The number of carbonyl (C=O) groups is 2. The van der Waals surface area contributed by atoms with Crippen molar-refractivity contribution >= 4 is 21.7 Å². The molecule has 1 heterocycles. The third-order valence-corrected chi connectivity index (χ3v) is 9.48. The fourth-order valence-electron chi connectivity index (χ4n) is 6.09. The quantitative estimate of drug-likeness (QED) is 0.747. The zero-order valence-electron chi connectivity index (χ0n) is 14.9. The number of hydrogen-bond acceptors (Lipinski definition) is 4. The highest BCUT2D eigenvalue weighted by Gasteiger charge is 2.57. The summed E-state index contributed by atoms with van der Waals surface area (Å²) in [5, 5.41) is 0. The molecule has 0 aromatic rings. The maximum Gasteiger partial charge on any atom is 0.237 e. The smallest absolute Gasteiger partial charge is 0.237 e. The zero-order valence-corrected chi connectivity index (χ0v) is 15.8. The Kier molecular flexibility index (Phi) is 4.13. The number of nitrogens with zero attached hydrogens (tertiary/aromatic N) is 2. The van der Waals surface area contributed by atoms with Crippen LogP contribution >= 0.6 is 0 Å². The van der Waals surface area contributed by atoms with Gasteiger partial charge in [0.1, 0.15) is 5.75 Å². The van der Waals surface area contributed by atoms with E-state index >= 15 is 0 Å². The number of carbonyl (C=O) groups excluding carboxylic acids is 2. The van der Waals surface area contributed by atoms with Crippen molar-refractivity contribution in [2.75, 3.05) is 31.9 Å². The van der Waals surface area contributed by atoms with Crippen LogP contribution in [0.1, 0.15) is 45.4 Å². The van der Waals surface area contributed by atoms with Gasteiger partial charge in [0.25, 0.3) is 0 Å². The Labute approximate surface area is 149 Å². The summed E-state index contributed by atoms with van der Waals surface area (Å²) in [5.41, 5.74) is 0. The van der Waals surface area contributed by atoms with Crippen molar-refractivity contribution in [3.8, 4) is 0 Å². The standard InChI is InChI=1S/C18H28N2O4S/c1-13(21)19-2-4-20(5-3-19)17(22)12-25(23,24)18-9-14-6-15(10-18)8-16(7-14)11-18/h14-16H,2-12H2,1H3. The number of amides is 2. The normalized spacial score (nSPS) is 37.4. The highest BCUT2D eigenvalue weighted by atomic mass is 32.2. The second-order valence-electron chi connectivity index (χ2n) is 8.75. The minimum absolute atomic E-state index is 0.00767. The molecule has 6 nitrogen and oxygen atoms in total. The van der Waals surface area contributed by atoms with E-state index in [-0.39, 0.29) is 17.6 Å². The number of hydrogen-bond donors (Lipinski definition) is 0. The Morgan fingerprint density at radius 2 is 1.32 bits per heavy atom. The summed E-state index contributed by atoms with van der Waals surface area (Å²) in [5.74, 6) is 1.03. The van der Waals surface area contributed by atoms with Crippen LogP contribution in [0.5, 0.6) is 0 Å². The van der Waals surface area contributed by atoms with E-state index in [9.17, 15) is 18.0 Å². The summed E-state index contributed by atoms with van der Waals surface area (Å²) in [4.78, 5) is 27.3. The summed E-state index contributed by atoms with van der Waals surface area (Å²) in [6.07, 6.45) is 5.88. The van der Waals surface area contributed by atoms with E-state index in [1.165, 1.54) is 26.2 Å². The maximum atomic E-state index is 13.2. The van der Waals surface area contributed by atoms with Crippen LogP contribution < -0.4 is 0 Å². The molecule has 0 aromatic heterocycles. The van der Waals surface area contributed by atoms with Crippen molar-refractivity contribution in [3.05, 3.63) is 0 Å². The van der Waals surface area contributed by atoms with Gasteiger partial charge in [-0.1, -0.05) is 0 Å². The molecule has 7 heteroatoms. The largest absolute Gasteiger partial charge is 0.339 e. The number of piperazine rings is 1. The van der Waals surface area contributed by atoms with Gasteiger partial charge in [0.05, 0.1) is 4.75 Å². The first kappa shape index (κ1) is 17.3. The maximum absolute atomic E-state index is 13.2. The molecule has 0 atom stereocenters. The van der Waals surface area contributed by atoms with Gasteiger partial charge < -0.3 is 9.80 Å². The minimum atomic E-state index is -3.43. The molecular weight excluding hydrogens is 340 g/mol. The summed E-state index contributed by atoms with van der Waals surface area (Å²) in [6, 6.07) is 0. The van der Waals surface area contributed by atoms with Crippen LogP contribution in [0.25, 0.3) is 0 Å². The van der Waals surface area contributed by atoms with Crippen molar-refractivity contribution in [3.63, 3.8) is 0 Å². The molecule has 4 aliphatic carbocycles. The van der Waals surface area contributed by atoms with Crippen LogP contribution in [-0.2, 0) is 19.4 Å². The molecule has 5 fully saturated rings. The Hall–Kier alpha value is -1.11. The fraction of sp³-hybridized carbons (Fsp3) is 0.889. The molecule has 5 aliphatic rings. The van der Waals surface area contributed by atoms with Crippen molar-refractivity contribution in [2.24, 2.45) is 17.8 Å². The van der Waals surface area contributed by atoms with Crippen molar-refractivity contribution in [1.82, 2.24) is 9.80 Å². The lowest BCUT2D eigenvalue weighted by Crippen LogP contribution is -2.57. The van der Waals surface area contributed by atoms with E-state index in [1.807, 2.05) is 0 Å². The van der Waals surface area contributed by atoms with Gasteiger partial charge >= 0.3 is 0 Å². The van der Waals surface area contributed by atoms with Gasteiger partial charge in [-0.3, -0.25) is 9.59 Å². The average molecular weight is 368 g/mol. The highest BCUT2D eigenvalue weighted by molar-refractivity contribution is 7.93. The molecule has 4 saturated carbocycles. The van der Waals surface area contributed by atoms with Crippen molar-refractivity contribution in [2.45, 2.75) is 50.2 Å². The SMILES string of the molecule is CC(=O)N1CCN(C(=O)CS(=O)(=O)C23CC4CC(CC(C4)C2)C3)CC1. The molecule has 0 unspecified atom stereocenters. The van der Waals surface area contributed by atoms with Crippen molar-refractivity contribution < 1.29 is 18.0 Å². The van der Waals surface area contributed by atoms with Gasteiger partial charge in [-0.2, -0.15) is 0 Å². The van der Waals surface area contributed by atoms with Gasteiger partial charge in [0.2, 0.25) is 11.8 Å². The summed E-state index contributed by atoms with van der Waals surface area (Å²) < 4.78 is 25.8. The van der Waals surface area contributed by atoms with Gasteiger partial charge in [0, 0.05) is 33.1 Å². The molecular formula is C18H28N2O4S. The van der Waals surface area contributed by atoms with Crippen LogP contribution in [0.15, 0.2) is 0 Å². The fourth-order valence-corrected chi connectivity index (χ4v) is 8.37. The number of sulfone groups is 1. The average Bonchev–Trinajstić information content (AvgIpc) is 2.53. The van der Waals surface area contributed by atoms with E-state index in [4.69, 9.17) is 0 Å². The summed E-state index contributed by atoms with van der Waals surface area (Å²) >= 11 is 0. The van der Waals surface area contributed by atoms with Crippen LogP contribution in [0.3, 0.4) is 0 Å². The second-order valence-corrected chi connectivity index (χ2v) is 11.1. The summed E-state index contributed by atoms with van der Waals surface area (Å²) in [6.45, 7) is 3.40. The third kappa shape index (κ3) is 2.98. The van der Waals surface area contributed by atoms with E-state index in [1.54, 1.807) is 9.80 Å². The lowest BCUT2D eigenvalue weighted by molar-refractivity contribution is -0.136. The Balaban J connectivity index is 1.43. The van der Waals surface area contributed by atoms with Gasteiger partial charge in [0.15, 0.2) is 9.84 Å². The number of rotatable bonds is 3. The Morgan fingerprint density at radius 1 is 0.880 bits per heavy atom. The zero-order chi connectivity index (χ0) is 17.8. The predicted octanol–water partition coefficient (Wildman–Crippen LogP) is 1.06.